The highest BCUT2D eigenvalue weighted by Gasteiger charge is 2.52. The minimum absolute atomic E-state index is 0.703. The molecule has 7 fully saturated rings. The topological polar surface area (TPSA) is 19.4 Å². The normalized spacial score (nSPS) is 32.9. The summed E-state index contributed by atoms with van der Waals surface area (Å²) in [5.74, 6) is 0. The smallest absolute Gasteiger partial charge is 0.0242 e. The van der Waals surface area contributed by atoms with Crippen molar-refractivity contribution >= 4 is 0 Å². The number of rotatable bonds is 6. The molecule has 40 heavy (non-hydrogen) atoms. The zero-order chi connectivity index (χ0) is 29.5. The molecule has 7 aliphatic rings. The van der Waals surface area contributed by atoms with Crippen LogP contribution in [0, 0.1) is 5.41 Å². The maximum atomic E-state index is 2.70. The molecule has 0 aromatic rings. The van der Waals surface area contributed by atoms with Gasteiger partial charge in [0.25, 0.3) is 0 Å². The second-order valence-corrected chi connectivity index (χ2v) is 16.1. The van der Waals surface area contributed by atoms with E-state index >= 15 is 0 Å². The number of hydrogen-bond donors (Lipinski definition) is 0. The number of piperazine rings is 2. The van der Waals surface area contributed by atoms with Crippen molar-refractivity contribution in [3.05, 3.63) is 0 Å². The summed E-state index contributed by atoms with van der Waals surface area (Å²) in [5.41, 5.74) is 0.703. The molecule has 0 radical (unpaired) electrons. The minimum atomic E-state index is 0.703. The Hall–Kier alpha value is -0.240. The molecule has 0 amide bonds. The predicted octanol–water partition coefficient (Wildman–Crippen LogP) is 4.93. The van der Waals surface area contributed by atoms with Crippen LogP contribution in [0.3, 0.4) is 0 Å². The number of likely N-dealkylation sites (tertiary alicyclic amines) is 4. The van der Waals surface area contributed by atoms with Crippen molar-refractivity contribution in [3.8, 4) is 0 Å². The first-order chi connectivity index (χ1) is 18.7. The van der Waals surface area contributed by atoms with E-state index in [1.807, 2.05) is 0 Å². The van der Waals surface area contributed by atoms with E-state index in [1.165, 1.54) is 71.6 Å². The van der Waals surface area contributed by atoms with Gasteiger partial charge in [0.2, 0.25) is 0 Å². The van der Waals surface area contributed by atoms with Crippen LogP contribution >= 0.6 is 0 Å². The Morgan fingerprint density at radius 2 is 0.675 bits per heavy atom. The third kappa shape index (κ3) is 7.10. The average molecular weight is 561 g/mol. The van der Waals surface area contributed by atoms with Gasteiger partial charge in [-0.15, -0.1) is 0 Å². The third-order valence-electron chi connectivity index (χ3n) is 11.2. The van der Waals surface area contributed by atoms with Crippen molar-refractivity contribution in [2.45, 2.75) is 163 Å². The number of nitrogens with zero attached hydrogens (tertiary/aromatic N) is 6. The zero-order valence-corrected chi connectivity index (χ0v) is 28.7. The Labute approximate surface area is 249 Å². The molecule has 6 heteroatoms. The lowest BCUT2D eigenvalue weighted by Gasteiger charge is -2.62. The van der Waals surface area contributed by atoms with E-state index in [0.29, 0.717) is 5.41 Å². The first kappa shape index (κ1) is 32.7. The van der Waals surface area contributed by atoms with E-state index in [2.05, 4.69) is 112 Å². The van der Waals surface area contributed by atoms with Crippen LogP contribution in [-0.4, -0.2) is 142 Å². The van der Waals surface area contributed by atoms with Crippen LogP contribution in [0.25, 0.3) is 0 Å². The number of hydrogen-bond acceptors (Lipinski definition) is 6. The zero-order valence-electron chi connectivity index (χ0n) is 28.7. The summed E-state index contributed by atoms with van der Waals surface area (Å²) in [6.07, 6.45) is 4.26. The van der Waals surface area contributed by atoms with Gasteiger partial charge in [0, 0.05) is 118 Å². The molecule has 0 saturated carbocycles. The van der Waals surface area contributed by atoms with E-state index < -0.39 is 0 Å². The third-order valence-corrected chi connectivity index (χ3v) is 11.2. The highest BCUT2D eigenvalue weighted by molar-refractivity contribution is 5.07. The molecule has 4 unspecified atom stereocenters. The molecule has 0 aromatic heterocycles. The highest BCUT2D eigenvalue weighted by atomic mass is 15.4. The van der Waals surface area contributed by atoms with Crippen LogP contribution in [0.15, 0.2) is 0 Å². The molecule has 7 heterocycles. The fourth-order valence-corrected chi connectivity index (χ4v) is 8.71. The van der Waals surface area contributed by atoms with Gasteiger partial charge in [-0.1, -0.05) is 0 Å². The second-order valence-electron chi connectivity index (χ2n) is 16.1. The Morgan fingerprint density at radius 1 is 0.400 bits per heavy atom. The quantitative estimate of drug-likeness (QED) is 0.455. The molecule has 4 atom stereocenters. The standard InChI is InChI=1S/C12H24N2.2C11H22N2/c1-9(2)13-7-12-6-5-11(13)8-14(12)10(3)4;1-9(2)12-5-11(6-12)7-13(8-11)10(3)4;1-8(2)12-6-11-5-10(12)7-13(11)9(3)4/h9-12H,5-8H2,1-4H3;9-10H,5-8H2,1-4H3;8-11H,5-7H2,1-4H3. The summed E-state index contributed by atoms with van der Waals surface area (Å²) < 4.78 is 0. The van der Waals surface area contributed by atoms with Crippen molar-refractivity contribution in [1.29, 1.82) is 0 Å². The van der Waals surface area contributed by atoms with Gasteiger partial charge >= 0.3 is 0 Å². The van der Waals surface area contributed by atoms with E-state index in [-0.39, 0.29) is 0 Å². The largest absolute Gasteiger partial charge is 0.300 e. The van der Waals surface area contributed by atoms with Gasteiger partial charge in [-0.25, -0.2) is 0 Å². The molecule has 234 valence electrons. The molecule has 1 spiro atoms. The molecule has 6 nitrogen and oxygen atoms in total. The van der Waals surface area contributed by atoms with Gasteiger partial charge < -0.3 is 0 Å². The first-order valence-corrected chi connectivity index (χ1v) is 17.2. The summed E-state index contributed by atoms with van der Waals surface area (Å²) >= 11 is 0. The fraction of sp³-hybridized carbons (Fsp3) is 1.00. The number of fused-ring (bicyclic) bond motifs is 5. The summed E-state index contributed by atoms with van der Waals surface area (Å²) in [6.45, 7) is 38.4. The molecular weight excluding hydrogens is 492 g/mol. The van der Waals surface area contributed by atoms with Crippen molar-refractivity contribution < 1.29 is 0 Å². The van der Waals surface area contributed by atoms with Gasteiger partial charge in [-0.05, 0) is 102 Å². The van der Waals surface area contributed by atoms with Crippen molar-refractivity contribution in [2.75, 3.05) is 52.4 Å². The Kier molecular flexibility index (Phi) is 10.8. The minimum Gasteiger partial charge on any atom is -0.300 e. The number of piperidine rings is 2. The summed E-state index contributed by atoms with van der Waals surface area (Å²) in [6, 6.07) is 7.82. The second kappa shape index (κ2) is 13.2. The Balaban J connectivity index is 0.000000139. The lowest BCUT2D eigenvalue weighted by atomic mass is 9.72. The van der Waals surface area contributed by atoms with Gasteiger partial charge in [0.15, 0.2) is 0 Å². The molecule has 0 N–H and O–H groups in total. The van der Waals surface area contributed by atoms with E-state index in [0.717, 1.165) is 60.4 Å². The summed E-state index contributed by atoms with van der Waals surface area (Å²) in [7, 11) is 0. The molecule has 0 aromatic carbocycles. The molecule has 4 bridgehead atoms. The van der Waals surface area contributed by atoms with Crippen molar-refractivity contribution in [3.63, 3.8) is 0 Å². The maximum Gasteiger partial charge on any atom is 0.0242 e. The van der Waals surface area contributed by atoms with Crippen LogP contribution in [0.2, 0.25) is 0 Å². The fourth-order valence-electron chi connectivity index (χ4n) is 8.71. The first-order valence-electron chi connectivity index (χ1n) is 17.2. The van der Waals surface area contributed by atoms with Crippen molar-refractivity contribution in [1.82, 2.24) is 29.4 Å². The summed E-state index contributed by atoms with van der Waals surface area (Å²) in [5, 5.41) is 0. The molecular formula is C34H68N6. The Bertz CT molecular complexity index is 714. The van der Waals surface area contributed by atoms with Crippen molar-refractivity contribution in [2.24, 2.45) is 5.41 Å². The predicted molar refractivity (Wildman–Crippen MR) is 172 cm³/mol. The van der Waals surface area contributed by atoms with Gasteiger partial charge in [-0.3, -0.25) is 29.4 Å². The molecule has 7 saturated heterocycles. The van der Waals surface area contributed by atoms with Gasteiger partial charge in [0.1, 0.15) is 0 Å². The van der Waals surface area contributed by atoms with Crippen LogP contribution in [0.5, 0.6) is 0 Å². The average Bonchev–Trinajstić information content (AvgIpc) is 3.44. The highest BCUT2D eigenvalue weighted by Crippen LogP contribution is 2.41. The molecule has 0 aliphatic carbocycles. The lowest BCUT2D eigenvalue weighted by molar-refractivity contribution is -0.135. The van der Waals surface area contributed by atoms with E-state index in [9.17, 15) is 0 Å². The molecule has 7 aliphatic heterocycles. The molecule has 7 rings (SSSR count). The van der Waals surface area contributed by atoms with E-state index in [1.54, 1.807) is 0 Å². The van der Waals surface area contributed by atoms with Gasteiger partial charge in [0.05, 0.1) is 0 Å². The van der Waals surface area contributed by atoms with Gasteiger partial charge in [-0.2, -0.15) is 0 Å². The van der Waals surface area contributed by atoms with Crippen LogP contribution in [0.1, 0.15) is 102 Å². The monoisotopic (exact) mass is 561 g/mol. The van der Waals surface area contributed by atoms with Crippen LogP contribution in [0.4, 0.5) is 0 Å². The SMILES string of the molecule is CC(C)N1CC2(C1)CN(C(C)C)C2.CC(C)N1CC2CC1CN2C(C)C.CC(C)N1CC2CCC1CN2C(C)C. The van der Waals surface area contributed by atoms with Crippen LogP contribution in [-0.2, 0) is 0 Å². The van der Waals surface area contributed by atoms with Crippen LogP contribution < -0.4 is 0 Å². The lowest BCUT2D eigenvalue weighted by Crippen LogP contribution is -2.73. The van der Waals surface area contributed by atoms with E-state index in [4.69, 9.17) is 0 Å². The maximum absolute atomic E-state index is 2.70. The Morgan fingerprint density at radius 3 is 0.900 bits per heavy atom. The summed E-state index contributed by atoms with van der Waals surface area (Å²) in [4.78, 5) is 15.9.